The Labute approximate surface area is 173 Å². The number of H-pyrrole nitrogens is 1. The molecular weight excluding hydrogens is 416 g/mol. The molecule has 8 nitrogen and oxygen atoms in total. The number of unbranched alkanes of at least 4 members (excludes halogenated alkanes) is 1. The van der Waals surface area contributed by atoms with Gasteiger partial charge in [0, 0.05) is 30.2 Å². The molecule has 3 aromatic rings. The molecule has 3 rings (SSSR count). The second-order valence-corrected chi connectivity index (χ2v) is 8.93. The van der Waals surface area contributed by atoms with Gasteiger partial charge in [0.1, 0.15) is 16.2 Å². The van der Waals surface area contributed by atoms with E-state index in [1.54, 1.807) is 0 Å². The van der Waals surface area contributed by atoms with E-state index in [0.29, 0.717) is 31.2 Å². The number of aromatic nitrogens is 3. The molecule has 0 fully saturated rings. The lowest BCUT2D eigenvalue weighted by atomic mass is 10.3. The second kappa shape index (κ2) is 8.98. The van der Waals surface area contributed by atoms with Crippen molar-refractivity contribution in [2.45, 2.75) is 42.5 Å². The maximum absolute atomic E-state index is 13.3. The summed E-state index contributed by atoms with van der Waals surface area (Å²) < 4.78 is 33.6. The molecule has 0 aliphatic carbocycles. The van der Waals surface area contributed by atoms with E-state index in [9.17, 15) is 13.2 Å². The number of hydrogen-bond donors (Lipinski definition) is 2. The lowest BCUT2D eigenvalue weighted by Gasteiger charge is -2.09. The van der Waals surface area contributed by atoms with Gasteiger partial charge in [-0.15, -0.1) is 0 Å². The normalized spacial score (nSPS) is 11.9. The maximum Gasteiger partial charge on any atom is 0.288 e. The molecule has 0 saturated carbocycles. The number of benzene rings is 1. The SMILES string of the molecule is CCCCOCCCn1c(N)c(S(=O)(=O)c2ccc(Cl)cc2)c2cn[nH]c(=O)c21. The Morgan fingerprint density at radius 1 is 1.21 bits per heavy atom. The van der Waals surface area contributed by atoms with Gasteiger partial charge in [0.2, 0.25) is 9.84 Å². The molecule has 29 heavy (non-hydrogen) atoms. The molecule has 0 aliphatic heterocycles. The monoisotopic (exact) mass is 438 g/mol. The minimum atomic E-state index is -3.98. The van der Waals surface area contributed by atoms with Crippen molar-refractivity contribution in [3.63, 3.8) is 0 Å². The number of sulfone groups is 1. The van der Waals surface area contributed by atoms with Crippen LogP contribution < -0.4 is 11.3 Å². The Kier molecular flexibility index (Phi) is 6.61. The highest BCUT2D eigenvalue weighted by Crippen LogP contribution is 2.34. The molecule has 0 amide bonds. The first kappa shape index (κ1) is 21.4. The van der Waals surface area contributed by atoms with Crippen LogP contribution in [0.3, 0.4) is 0 Å². The topological polar surface area (TPSA) is 120 Å². The minimum absolute atomic E-state index is 0.00186. The number of hydrogen-bond acceptors (Lipinski definition) is 6. The highest BCUT2D eigenvalue weighted by molar-refractivity contribution is 7.92. The van der Waals surface area contributed by atoms with Crippen molar-refractivity contribution in [2.75, 3.05) is 18.9 Å². The number of aromatic amines is 1. The van der Waals surface area contributed by atoms with E-state index in [0.717, 1.165) is 12.8 Å². The smallest absolute Gasteiger partial charge is 0.288 e. The van der Waals surface area contributed by atoms with Crippen LogP contribution in [0.15, 0.2) is 45.0 Å². The van der Waals surface area contributed by atoms with Gasteiger partial charge in [-0.25, -0.2) is 13.5 Å². The third-order valence-corrected chi connectivity index (χ3v) is 6.68. The number of nitrogens with one attached hydrogen (secondary N) is 1. The van der Waals surface area contributed by atoms with Crippen LogP contribution in [-0.4, -0.2) is 36.4 Å². The van der Waals surface area contributed by atoms with Crippen LogP contribution >= 0.6 is 11.6 Å². The quantitative estimate of drug-likeness (QED) is 0.495. The van der Waals surface area contributed by atoms with Crippen molar-refractivity contribution in [2.24, 2.45) is 0 Å². The third-order valence-electron chi connectivity index (χ3n) is 4.57. The van der Waals surface area contributed by atoms with Gasteiger partial charge >= 0.3 is 0 Å². The van der Waals surface area contributed by atoms with Crippen LogP contribution in [0.4, 0.5) is 5.82 Å². The molecule has 3 N–H and O–H groups in total. The van der Waals surface area contributed by atoms with E-state index >= 15 is 0 Å². The molecule has 0 atom stereocenters. The van der Waals surface area contributed by atoms with Crippen LogP contribution in [0.25, 0.3) is 10.9 Å². The van der Waals surface area contributed by atoms with Gasteiger partial charge < -0.3 is 15.0 Å². The van der Waals surface area contributed by atoms with Gasteiger partial charge in [-0.1, -0.05) is 24.9 Å². The number of nitrogens with zero attached hydrogens (tertiary/aromatic N) is 2. The number of ether oxygens (including phenoxy) is 1. The first-order chi connectivity index (χ1) is 13.9. The molecule has 0 aliphatic rings. The van der Waals surface area contributed by atoms with Crippen molar-refractivity contribution < 1.29 is 13.2 Å². The molecule has 0 unspecified atom stereocenters. The zero-order valence-corrected chi connectivity index (χ0v) is 17.6. The van der Waals surface area contributed by atoms with Crippen LogP contribution in [-0.2, 0) is 21.1 Å². The average Bonchev–Trinajstić information content (AvgIpc) is 2.98. The van der Waals surface area contributed by atoms with E-state index < -0.39 is 15.4 Å². The van der Waals surface area contributed by atoms with Crippen molar-refractivity contribution in [1.29, 1.82) is 0 Å². The zero-order chi connectivity index (χ0) is 21.0. The van der Waals surface area contributed by atoms with Gasteiger partial charge in [0.25, 0.3) is 5.56 Å². The number of anilines is 1. The molecule has 1 aromatic carbocycles. The predicted molar refractivity (Wildman–Crippen MR) is 112 cm³/mol. The van der Waals surface area contributed by atoms with Crippen molar-refractivity contribution in [3.05, 3.63) is 45.8 Å². The molecule has 2 heterocycles. The summed E-state index contributed by atoms with van der Waals surface area (Å²) in [6, 6.07) is 5.79. The second-order valence-electron chi connectivity index (χ2n) is 6.60. The standard InChI is InChI=1S/C19H23ClN4O4S/c1-2-3-10-28-11-4-9-24-16-15(12-22-23-19(16)25)17(18(24)21)29(26,27)14-7-5-13(20)6-8-14/h5-8,12H,2-4,9-11,21H2,1H3,(H,23,25). The summed E-state index contributed by atoms with van der Waals surface area (Å²) in [5.74, 6) is 0.00186. The molecule has 0 radical (unpaired) electrons. The number of halogens is 1. The van der Waals surface area contributed by atoms with Crippen molar-refractivity contribution in [1.82, 2.24) is 14.8 Å². The van der Waals surface area contributed by atoms with Gasteiger partial charge in [-0.05, 0) is 37.1 Å². The summed E-state index contributed by atoms with van der Waals surface area (Å²) in [6.07, 6.45) is 3.91. The van der Waals surface area contributed by atoms with E-state index in [1.807, 2.05) is 0 Å². The Balaban J connectivity index is 2.03. The number of rotatable bonds is 9. The molecular formula is C19H23ClN4O4S. The fourth-order valence-corrected chi connectivity index (χ4v) is 4.81. The number of fused-ring (bicyclic) bond motifs is 1. The first-order valence-corrected chi connectivity index (χ1v) is 11.2. The fraction of sp³-hybridized carbons (Fsp3) is 0.368. The van der Waals surface area contributed by atoms with E-state index in [2.05, 4.69) is 17.1 Å². The van der Waals surface area contributed by atoms with Crippen LogP contribution in [0.5, 0.6) is 0 Å². The maximum atomic E-state index is 13.3. The Bertz CT molecular complexity index is 1150. The molecule has 0 bridgehead atoms. The molecule has 0 saturated heterocycles. The Morgan fingerprint density at radius 3 is 2.59 bits per heavy atom. The van der Waals surface area contributed by atoms with E-state index in [-0.39, 0.29) is 26.5 Å². The number of aryl methyl sites for hydroxylation is 1. The van der Waals surface area contributed by atoms with Gasteiger partial charge in [-0.2, -0.15) is 5.10 Å². The third kappa shape index (κ3) is 4.31. The Hall–Kier alpha value is -2.36. The lowest BCUT2D eigenvalue weighted by Crippen LogP contribution is -2.14. The molecule has 10 heteroatoms. The summed E-state index contributed by atoms with van der Waals surface area (Å²) in [6.45, 7) is 3.58. The lowest BCUT2D eigenvalue weighted by molar-refractivity contribution is 0.126. The number of nitrogens with two attached hydrogens (primary N) is 1. The van der Waals surface area contributed by atoms with Crippen molar-refractivity contribution >= 4 is 38.2 Å². The van der Waals surface area contributed by atoms with Crippen LogP contribution in [0.2, 0.25) is 5.02 Å². The number of nitrogen functional groups attached to an aromatic ring is 1. The van der Waals surface area contributed by atoms with Crippen molar-refractivity contribution in [3.8, 4) is 0 Å². The largest absolute Gasteiger partial charge is 0.384 e. The summed E-state index contributed by atoms with van der Waals surface area (Å²) >= 11 is 5.87. The zero-order valence-electron chi connectivity index (χ0n) is 16.0. The van der Waals surface area contributed by atoms with E-state index in [4.69, 9.17) is 22.1 Å². The minimum Gasteiger partial charge on any atom is -0.384 e. The van der Waals surface area contributed by atoms with Gasteiger partial charge in [-0.3, -0.25) is 4.79 Å². The summed E-state index contributed by atoms with van der Waals surface area (Å²) in [5.41, 5.74) is 5.92. The highest BCUT2D eigenvalue weighted by atomic mass is 35.5. The molecule has 2 aromatic heterocycles. The van der Waals surface area contributed by atoms with Gasteiger partial charge in [0.15, 0.2) is 0 Å². The first-order valence-electron chi connectivity index (χ1n) is 9.31. The molecule has 0 spiro atoms. The summed E-state index contributed by atoms with van der Waals surface area (Å²) in [4.78, 5) is 12.3. The fourth-order valence-electron chi connectivity index (χ4n) is 3.13. The average molecular weight is 439 g/mol. The summed E-state index contributed by atoms with van der Waals surface area (Å²) in [5, 5.41) is 6.71. The highest BCUT2D eigenvalue weighted by Gasteiger charge is 2.29. The van der Waals surface area contributed by atoms with Crippen LogP contribution in [0.1, 0.15) is 26.2 Å². The molecule has 156 valence electrons. The van der Waals surface area contributed by atoms with Crippen LogP contribution in [0, 0.1) is 0 Å². The van der Waals surface area contributed by atoms with E-state index in [1.165, 1.54) is 35.0 Å². The summed E-state index contributed by atoms with van der Waals surface area (Å²) in [7, 11) is -3.98. The predicted octanol–water partition coefficient (Wildman–Crippen LogP) is 3.00. The van der Waals surface area contributed by atoms with Gasteiger partial charge in [0.05, 0.1) is 11.1 Å². The Morgan fingerprint density at radius 2 is 1.90 bits per heavy atom.